The van der Waals surface area contributed by atoms with Crippen molar-refractivity contribution in [2.24, 2.45) is 0 Å². The summed E-state index contributed by atoms with van der Waals surface area (Å²) in [5.74, 6) is 1.69. The molecule has 0 aliphatic rings. The van der Waals surface area contributed by atoms with E-state index in [0.717, 1.165) is 18.0 Å². The van der Waals surface area contributed by atoms with E-state index in [1.165, 1.54) is 11.1 Å². The lowest BCUT2D eigenvalue weighted by Gasteiger charge is -2.10. The van der Waals surface area contributed by atoms with Crippen LogP contribution < -0.4 is 14.8 Å². The summed E-state index contributed by atoms with van der Waals surface area (Å²) in [4.78, 5) is 0. The number of benzene rings is 2. The lowest BCUT2D eigenvalue weighted by Crippen LogP contribution is -2.21. The maximum atomic E-state index is 5.80. The Morgan fingerprint density at radius 1 is 0.952 bits per heavy atom. The van der Waals surface area contributed by atoms with E-state index in [9.17, 15) is 0 Å². The summed E-state index contributed by atoms with van der Waals surface area (Å²) in [6, 6.07) is 16.6. The van der Waals surface area contributed by atoms with Gasteiger partial charge >= 0.3 is 0 Å². The minimum Gasteiger partial charge on any atom is -0.497 e. The smallest absolute Gasteiger partial charge is 0.120 e. The molecule has 0 aromatic heterocycles. The minimum absolute atomic E-state index is 0.490. The lowest BCUT2D eigenvalue weighted by atomic mass is 10.1. The van der Waals surface area contributed by atoms with E-state index in [-0.39, 0.29) is 0 Å². The first-order valence-corrected chi connectivity index (χ1v) is 7.25. The molecule has 0 unspecified atom stereocenters. The zero-order chi connectivity index (χ0) is 15.1. The molecule has 0 aliphatic carbocycles. The predicted octanol–water partition coefficient (Wildman–Crippen LogP) is 3.77. The SMILES string of the molecule is COc1ccc(OCc2cccc(CNC(C)C)c2)cc1. The van der Waals surface area contributed by atoms with Gasteiger partial charge in [-0.2, -0.15) is 0 Å². The van der Waals surface area contributed by atoms with E-state index in [0.29, 0.717) is 12.6 Å². The van der Waals surface area contributed by atoms with Crippen molar-refractivity contribution in [1.29, 1.82) is 0 Å². The van der Waals surface area contributed by atoms with Crippen LogP contribution in [0.1, 0.15) is 25.0 Å². The second-order valence-corrected chi connectivity index (χ2v) is 5.32. The third-order valence-electron chi connectivity index (χ3n) is 3.17. The molecular weight excluding hydrogens is 262 g/mol. The van der Waals surface area contributed by atoms with Crippen LogP contribution in [0, 0.1) is 0 Å². The number of hydrogen-bond acceptors (Lipinski definition) is 3. The van der Waals surface area contributed by atoms with E-state index in [4.69, 9.17) is 9.47 Å². The number of methoxy groups -OCH3 is 1. The van der Waals surface area contributed by atoms with E-state index < -0.39 is 0 Å². The number of hydrogen-bond donors (Lipinski definition) is 1. The predicted molar refractivity (Wildman–Crippen MR) is 85.7 cm³/mol. The maximum Gasteiger partial charge on any atom is 0.120 e. The topological polar surface area (TPSA) is 30.5 Å². The molecule has 3 heteroatoms. The van der Waals surface area contributed by atoms with Crippen molar-refractivity contribution < 1.29 is 9.47 Å². The zero-order valence-electron chi connectivity index (χ0n) is 12.9. The Morgan fingerprint density at radius 2 is 1.62 bits per heavy atom. The van der Waals surface area contributed by atoms with Crippen molar-refractivity contribution in [3.05, 3.63) is 59.7 Å². The van der Waals surface area contributed by atoms with E-state index in [1.54, 1.807) is 7.11 Å². The van der Waals surface area contributed by atoms with Crippen LogP contribution in [0.4, 0.5) is 0 Å². The molecule has 0 spiro atoms. The molecule has 112 valence electrons. The van der Waals surface area contributed by atoms with Crippen LogP contribution >= 0.6 is 0 Å². The molecule has 0 amide bonds. The average Bonchev–Trinajstić information content (AvgIpc) is 2.52. The molecule has 0 aliphatic heterocycles. The third kappa shape index (κ3) is 5.12. The van der Waals surface area contributed by atoms with Crippen molar-refractivity contribution in [2.45, 2.75) is 33.0 Å². The summed E-state index contributed by atoms with van der Waals surface area (Å²) in [5, 5.41) is 3.42. The van der Waals surface area contributed by atoms with Crippen LogP contribution in [0.25, 0.3) is 0 Å². The standard InChI is InChI=1S/C18H23NO2/c1-14(2)19-12-15-5-4-6-16(11-15)13-21-18-9-7-17(20-3)8-10-18/h4-11,14,19H,12-13H2,1-3H3. The average molecular weight is 285 g/mol. The Balaban J connectivity index is 1.91. The molecule has 0 saturated carbocycles. The highest BCUT2D eigenvalue weighted by Gasteiger charge is 2.00. The summed E-state index contributed by atoms with van der Waals surface area (Å²) in [7, 11) is 1.66. The van der Waals surface area contributed by atoms with Gasteiger partial charge in [-0.1, -0.05) is 38.1 Å². The molecule has 0 saturated heterocycles. The van der Waals surface area contributed by atoms with Gasteiger partial charge < -0.3 is 14.8 Å². The van der Waals surface area contributed by atoms with Gasteiger partial charge in [-0.25, -0.2) is 0 Å². The number of nitrogens with one attached hydrogen (secondary N) is 1. The van der Waals surface area contributed by atoms with Crippen molar-refractivity contribution in [1.82, 2.24) is 5.32 Å². The number of ether oxygens (including phenoxy) is 2. The molecule has 0 fully saturated rings. The maximum absolute atomic E-state index is 5.80. The van der Waals surface area contributed by atoms with Crippen LogP contribution in [0.5, 0.6) is 11.5 Å². The highest BCUT2D eigenvalue weighted by atomic mass is 16.5. The Labute approximate surface area is 126 Å². The second kappa shape index (κ2) is 7.70. The van der Waals surface area contributed by atoms with Gasteiger partial charge in [0, 0.05) is 12.6 Å². The molecule has 21 heavy (non-hydrogen) atoms. The lowest BCUT2D eigenvalue weighted by molar-refractivity contribution is 0.305. The van der Waals surface area contributed by atoms with Gasteiger partial charge in [-0.3, -0.25) is 0 Å². The summed E-state index contributed by atoms with van der Waals surface area (Å²) < 4.78 is 10.9. The molecule has 3 nitrogen and oxygen atoms in total. The fourth-order valence-corrected chi connectivity index (χ4v) is 1.99. The van der Waals surface area contributed by atoms with Crippen molar-refractivity contribution in [2.75, 3.05) is 7.11 Å². The Morgan fingerprint density at radius 3 is 2.29 bits per heavy atom. The Hall–Kier alpha value is -2.00. The van der Waals surface area contributed by atoms with Gasteiger partial charge in [0.15, 0.2) is 0 Å². The first-order valence-electron chi connectivity index (χ1n) is 7.25. The van der Waals surface area contributed by atoms with Gasteiger partial charge in [-0.05, 0) is 35.4 Å². The van der Waals surface area contributed by atoms with Gasteiger partial charge in [0.05, 0.1) is 7.11 Å². The van der Waals surface area contributed by atoms with Crippen LogP contribution in [-0.2, 0) is 13.2 Å². The monoisotopic (exact) mass is 285 g/mol. The zero-order valence-corrected chi connectivity index (χ0v) is 12.9. The van der Waals surface area contributed by atoms with Crippen molar-refractivity contribution in [3.63, 3.8) is 0 Å². The molecule has 0 radical (unpaired) electrons. The summed E-state index contributed by atoms with van der Waals surface area (Å²) in [5.41, 5.74) is 2.45. The molecule has 0 heterocycles. The van der Waals surface area contributed by atoms with Crippen molar-refractivity contribution >= 4 is 0 Å². The first kappa shape index (κ1) is 15.4. The van der Waals surface area contributed by atoms with Crippen molar-refractivity contribution in [3.8, 4) is 11.5 Å². The highest BCUT2D eigenvalue weighted by Crippen LogP contribution is 2.18. The molecule has 0 atom stereocenters. The molecule has 2 aromatic rings. The summed E-state index contributed by atoms with van der Waals surface area (Å²) in [6.45, 7) is 5.75. The highest BCUT2D eigenvalue weighted by molar-refractivity contribution is 5.31. The quantitative estimate of drug-likeness (QED) is 0.840. The van der Waals surface area contributed by atoms with Crippen LogP contribution in [0.3, 0.4) is 0 Å². The van der Waals surface area contributed by atoms with Crippen LogP contribution in [-0.4, -0.2) is 13.2 Å². The molecule has 1 N–H and O–H groups in total. The van der Waals surface area contributed by atoms with Gasteiger partial charge in [0.2, 0.25) is 0 Å². The van der Waals surface area contributed by atoms with E-state index in [2.05, 4.69) is 43.4 Å². The second-order valence-electron chi connectivity index (χ2n) is 5.32. The normalized spacial score (nSPS) is 10.7. The molecule has 2 rings (SSSR count). The van der Waals surface area contributed by atoms with Gasteiger partial charge in [0.1, 0.15) is 18.1 Å². The molecule has 0 bridgehead atoms. The third-order valence-corrected chi connectivity index (χ3v) is 3.17. The van der Waals surface area contributed by atoms with E-state index in [1.807, 2.05) is 24.3 Å². The molecular formula is C18H23NO2. The Bertz CT molecular complexity index is 549. The van der Waals surface area contributed by atoms with Crippen LogP contribution in [0.2, 0.25) is 0 Å². The minimum atomic E-state index is 0.490. The summed E-state index contributed by atoms with van der Waals surface area (Å²) in [6.07, 6.45) is 0. The van der Waals surface area contributed by atoms with E-state index >= 15 is 0 Å². The fourth-order valence-electron chi connectivity index (χ4n) is 1.99. The van der Waals surface area contributed by atoms with Gasteiger partial charge in [0.25, 0.3) is 0 Å². The fraction of sp³-hybridized carbons (Fsp3) is 0.333. The van der Waals surface area contributed by atoms with Gasteiger partial charge in [-0.15, -0.1) is 0 Å². The Kier molecular flexibility index (Phi) is 5.64. The summed E-state index contributed by atoms with van der Waals surface area (Å²) >= 11 is 0. The first-order chi connectivity index (χ1) is 10.2. The van der Waals surface area contributed by atoms with Crippen LogP contribution in [0.15, 0.2) is 48.5 Å². The largest absolute Gasteiger partial charge is 0.497 e. The molecule has 2 aromatic carbocycles. The number of rotatable bonds is 7.